The number of fused-ring (bicyclic) bond motifs is 1. The summed E-state index contributed by atoms with van der Waals surface area (Å²) in [6.45, 7) is 4.84. The van der Waals surface area contributed by atoms with Gasteiger partial charge in [0.05, 0.1) is 0 Å². The van der Waals surface area contributed by atoms with Gasteiger partial charge >= 0.3 is 5.97 Å². The molecule has 4 rings (SSSR count). The minimum Gasteiger partial charge on any atom is -0.480 e. The molecule has 7 nitrogen and oxygen atoms in total. The van der Waals surface area contributed by atoms with Crippen molar-refractivity contribution in [2.45, 2.75) is 19.4 Å². The highest BCUT2D eigenvalue weighted by atomic mass is 16.4. The Kier molecular flexibility index (Phi) is 4.77. The van der Waals surface area contributed by atoms with Crippen LogP contribution in [-0.4, -0.2) is 57.1 Å². The van der Waals surface area contributed by atoms with E-state index in [-0.39, 0.29) is 0 Å². The highest BCUT2D eigenvalue weighted by molar-refractivity contribution is 5.90. The number of anilines is 1. The average molecular weight is 365 g/mol. The number of benzene rings is 1. The zero-order chi connectivity index (χ0) is 18.8. The first-order valence-corrected chi connectivity index (χ1v) is 9.21. The predicted octanol–water partition coefficient (Wildman–Crippen LogP) is 2.60. The summed E-state index contributed by atoms with van der Waals surface area (Å²) >= 11 is 0. The zero-order valence-corrected chi connectivity index (χ0v) is 15.3. The molecule has 3 aromatic rings. The highest BCUT2D eigenvalue weighted by Gasteiger charge is 2.32. The zero-order valence-electron chi connectivity index (χ0n) is 15.3. The maximum atomic E-state index is 12.3. The van der Waals surface area contributed by atoms with Gasteiger partial charge in [-0.1, -0.05) is 18.2 Å². The molecule has 0 spiro atoms. The van der Waals surface area contributed by atoms with Crippen molar-refractivity contribution >= 4 is 22.8 Å². The van der Waals surface area contributed by atoms with Gasteiger partial charge in [0.1, 0.15) is 6.04 Å². The second-order valence-electron chi connectivity index (χ2n) is 6.88. The number of carbonyl (C=O) groups is 1. The molecule has 3 heterocycles. The van der Waals surface area contributed by atoms with Crippen molar-refractivity contribution in [1.29, 1.82) is 0 Å². The van der Waals surface area contributed by atoms with Crippen LogP contribution in [0.1, 0.15) is 23.7 Å². The molecule has 1 aromatic carbocycles. The molecule has 7 heteroatoms. The van der Waals surface area contributed by atoms with Crippen molar-refractivity contribution < 1.29 is 9.90 Å². The van der Waals surface area contributed by atoms with E-state index >= 15 is 0 Å². The number of carboxylic acid groups (broad SMARTS) is 1. The van der Waals surface area contributed by atoms with Crippen LogP contribution in [0.15, 0.2) is 42.7 Å². The minimum atomic E-state index is -0.813. The van der Waals surface area contributed by atoms with E-state index < -0.39 is 12.0 Å². The van der Waals surface area contributed by atoms with Crippen LogP contribution in [-0.2, 0) is 4.79 Å². The van der Waals surface area contributed by atoms with Crippen molar-refractivity contribution in [1.82, 2.24) is 19.9 Å². The summed E-state index contributed by atoms with van der Waals surface area (Å²) in [4.78, 5) is 28.4. The highest BCUT2D eigenvalue weighted by Crippen LogP contribution is 2.32. The molecule has 1 saturated heterocycles. The maximum Gasteiger partial charge on any atom is 0.325 e. The molecule has 0 amide bonds. The maximum absolute atomic E-state index is 12.3. The van der Waals surface area contributed by atoms with Gasteiger partial charge in [-0.05, 0) is 25.5 Å². The van der Waals surface area contributed by atoms with E-state index in [4.69, 9.17) is 0 Å². The summed E-state index contributed by atoms with van der Waals surface area (Å²) < 4.78 is 0. The summed E-state index contributed by atoms with van der Waals surface area (Å²) in [6, 6.07) is 9.02. The van der Waals surface area contributed by atoms with Gasteiger partial charge in [0.2, 0.25) is 5.95 Å². The summed E-state index contributed by atoms with van der Waals surface area (Å²) in [6.07, 6.45) is 4.34. The number of aliphatic carboxylic acids is 1. The van der Waals surface area contributed by atoms with Crippen LogP contribution in [0, 0.1) is 6.92 Å². The molecule has 2 aromatic heterocycles. The van der Waals surface area contributed by atoms with Crippen LogP contribution in [0.2, 0.25) is 0 Å². The molecule has 1 unspecified atom stereocenters. The van der Waals surface area contributed by atoms with Crippen LogP contribution in [0.5, 0.6) is 0 Å². The first-order valence-electron chi connectivity index (χ1n) is 9.21. The van der Waals surface area contributed by atoms with E-state index in [1.165, 1.54) is 0 Å². The summed E-state index contributed by atoms with van der Waals surface area (Å²) in [7, 11) is 0. The molecular weight excluding hydrogens is 342 g/mol. The van der Waals surface area contributed by atoms with Crippen LogP contribution >= 0.6 is 0 Å². The van der Waals surface area contributed by atoms with Crippen molar-refractivity contribution in [3.8, 4) is 0 Å². The van der Waals surface area contributed by atoms with Gasteiger partial charge < -0.3 is 15.0 Å². The summed E-state index contributed by atoms with van der Waals surface area (Å²) in [5.74, 6) is -0.109. The average Bonchev–Trinajstić information content (AvgIpc) is 2.84. The van der Waals surface area contributed by atoms with Crippen molar-refractivity contribution in [3.05, 3.63) is 54.0 Å². The Labute approximate surface area is 157 Å². The predicted molar refractivity (Wildman–Crippen MR) is 104 cm³/mol. The van der Waals surface area contributed by atoms with Crippen molar-refractivity contribution in [2.75, 3.05) is 31.1 Å². The first kappa shape index (κ1) is 17.5. The molecule has 27 heavy (non-hydrogen) atoms. The van der Waals surface area contributed by atoms with Gasteiger partial charge in [-0.25, -0.2) is 9.97 Å². The number of H-pyrrole nitrogens is 1. The minimum absolute atomic E-state index is 0.647. The van der Waals surface area contributed by atoms with E-state index in [2.05, 4.69) is 24.8 Å². The Hall–Kier alpha value is -2.93. The molecular formula is C20H23N5O2. The second-order valence-corrected chi connectivity index (χ2v) is 6.88. The van der Waals surface area contributed by atoms with E-state index in [9.17, 15) is 9.90 Å². The van der Waals surface area contributed by atoms with E-state index in [1.54, 1.807) is 18.5 Å². The lowest BCUT2D eigenvalue weighted by atomic mass is 10.0. The molecule has 0 aliphatic carbocycles. The molecule has 0 bridgehead atoms. The number of hydrogen-bond donors (Lipinski definition) is 2. The fourth-order valence-corrected chi connectivity index (χ4v) is 3.96. The monoisotopic (exact) mass is 365 g/mol. The molecule has 1 aliphatic heterocycles. The number of hydrogen-bond acceptors (Lipinski definition) is 5. The first-order chi connectivity index (χ1) is 13.1. The third-order valence-electron chi connectivity index (χ3n) is 5.18. The van der Waals surface area contributed by atoms with E-state index in [0.717, 1.165) is 41.7 Å². The molecule has 0 saturated carbocycles. The standard InChI is InChI=1S/C20H23N5O2/c1-14-17(15-6-2-3-7-16(15)23-14)18(19(26)27)24-10-5-11-25(13-12-24)20-21-8-4-9-22-20/h2-4,6-9,18,23H,5,10-13H2,1H3,(H,26,27). The largest absolute Gasteiger partial charge is 0.480 e. The normalized spacial score (nSPS) is 17.0. The molecule has 140 valence electrons. The van der Waals surface area contributed by atoms with Gasteiger partial charge in [-0.2, -0.15) is 0 Å². The third kappa shape index (κ3) is 3.38. The molecule has 1 fully saturated rings. The summed E-state index contributed by atoms with van der Waals surface area (Å²) in [5, 5.41) is 11.0. The molecule has 2 N–H and O–H groups in total. The number of aryl methyl sites for hydroxylation is 1. The second kappa shape index (κ2) is 7.36. The van der Waals surface area contributed by atoms with Crippen molar-refractivity contribution in [3.63, 3.8) is 0 Å². The Morgan fingerprint density at radius 1 is 1.11 bits per heavy atom. The molecule has 1 atom stereocenters. The Morgan fingerprint density at radius 2 is 1.89 bits per heavy atom. The van der Waals surface area contributed by atoms with Gasteiger partial charge in [0.15, 0.2) is 0 Å². The Bertz CT molecular complexity index is 940. The van der Waals surface area contributed by atoms with Gasteiger partial charge in [0.25, 0.3) is 0 Å². The number of para-hydroxylation sites is 1. The summed E-state index contributed by atoms with van der Waals surface area (Å²) in [5.41, 5.74) is 2.75. The fraction of sp³-hybridized carbons (Fsp3) is 0.350. The number of rotatable bonds is 4. The quantitative estimate of drug-likeness (QED) is 0.739. The lowest BCUT2D eigenvalue weighted by Crippen LogP contribution is -2.37. The van der Waals surface area contributed by atoms with Gasteiger partial charge in [-0.15, -0.1) is 0 Å². The van der Waals surface area contributed by atoms with Gasteiger partial charge in [0, 0.05) is 60.7 Å². The SMILES string of the molecule is Cc1[nH]c2ccccc2c1C(C(=O)O)N1CCCN(c2ncccn2)CC1. The Balaban J connectivity index is 1.63. The fourth-order valence-electron chi connectivity index (χ4n) is 3.96. The van der Waals surface area contributed by atoms with Crippen LogP contribution in [0.3, 0.4) is 0 Å². The Morgan fingerprint density at radius 3 is 2.67 bits per heavy atom. The van der Waals surface area contributed by atoms with Crippen LogP contribution < -0.4 is 4.90 Å². The number of aromatic nitrogens is 3. The number of nitrogens with one attached hydrogen (secondary N) is 1. The molecule has 1 aliphatic rings. The number of carboxylic acids is 1. The van der Waals surface area contributed by atoms with Crippen LogP contribution in [0.25, 0.3) is 10.9 Å². The lowest BCUT2D eigenvalue weighted by Gasteiger charge is -2.28. The number of aromatic amines is 1. The molecule has 0 radical (unpaired) electrons. The van der Waals surface area contributed by atoms with E-state index in [0.29, 0.717) is 19.0 Å². The van der Waals surface area contributed by atoms with Gasteiger partial charge in [-0.3, -0.25) is 9.69 Å². The lowest BCUT2D eigenvalue weighted by molar-refractivity contribution is -0.143. The number of nitrogens with zero attached hydrogens (tertiary/aromatic N) is 4. The topological polar surface area (TPSA) is 85.4 Å². The van der Waals surface area contributed by atoms with Crippen LogP contribution in [0.4, 0.5) is 5.95 Å². The third-order valence-corrected chi connectivity index (χ3v) is 5.18. The smallest absolute Gasteiger partial charge is 0.325 e. The van der Waals surface area contributed by atoms with E-state index in [1.807, 2.05) is 31.2 Å². The van der Waals surface area contributed by atoms with Crippen molar-refractivity contribution in [2.24, 2.45) is 0 Å².